The number of morpholine rings is 6. The molecule has 3 aromatic rings. The first-order valence-corrected chi connectivity index (χ1v) is 39.3. The number of halogens is 9. The Bertz CT molecular complexity index is 2780. The van der Waals surface area contributed by atoms with Gasteiger partial charge in [0.25, 0.3) is 35.4 Å². The van der Waals surface area contributed by atoms with Crippen molar-refractivity contribution in [3.63, 3.8) is 0 Å². The summed E-state index contributed by atoms with van der Waals surface area (Å²) < 4.78 is 37.7. The third-order valence-corrected chi connectivity index (χ3v) is 24.5. The zero-order valence-electron chi connectivity index (χ0n) is 50.8. The molecule has 6 N–H and O–H groups in total. The molecule has 27 nitrogen and oxygen atoms in total. The van der Waals surface area contributed by atoms with Crippen LogP contribution in [0, 0.1) is 32.1 Å². The van der Waals surface area contributed by atoms with E-state index in [2.05, 4.69) is 235 Å². The number of nitrogens with one attached hydrogen (secondary N) is 6. The summed E-state index contributed by atoms with van der Waals surface area (Å²) in [5, 5.41) is 16.6. The molecule has 12 amide bonds. The summed E-state index contributed by atoms with van der Waals surface area (Å²) in [5.41, 5.74) is 4.04. The highest BCUT2D eigenvalue weighted by molar-refractivity contribution is 14.1. The Balaban J connectivity index is 0.000000222. The van der Waals surface area contributed by atoms with Crippen LogP contribution in [0.5, 0.6) is 0 Å². The Kier molecular flexibility index (Phi) is 35.0. The van der Waals surface area contributed by atoms with Crippen LogP contribution in [0.15, 0.2) is 0 Å². The molecule has 0 atom stereocenters. The van der Waals surface area contributed by atoms with E-state index in [1.807, 2.05) is 20.8 Å². The van der Waals surface area contributed by atoms with Gasteiger partial charge in [-0.05, 0) is 224 Å². The van der Waals surface area contributed by atoms with Crippen LogP contribution < -0.4 is 31.9 Å². The molecule has 9 rings (SSSR count). The highest BCUT2D eigenvalue weighted by atomic mass is 127. The SMILES string of the molecule is C.CCNC(=O)Nc1c(I)c(C(=O)N2CCOCC2)c(I)c(C(=O)N2CCOCC2)c1I.CCNC(=O)Nc1c(I)c(C(=O)N2CCOCC2)c(I)c(C(=O)N2CCOCC2)c1I.CCNC(=O)Nc1c(I)c(C(=O)N2CCOCC2)c(I)c(C(=O)N2CCOCC2)c1I. The van der Waals surface area contributed by atoms with Crippen molar-refractivity contribution < 1.29 is 71.6 Å². The van der Waals surface area contributed by atoms with Crippen molar-refractivity contribution in [2.24, 2.45) is 0 Å². The Morgan fingerprint density at radius 3 is 0.543 bits per heavy atom. The molecule has 36 heteroatoms. The maximum absolute atomic E-state index is 13.5. The summed E-state index contributed by atoms with van der Waals surface area (Å²) in [4.78, 5) is 128. The molecule has 3 aromatic carbocycles. The van der Waals surface area contributed by atoms with Crippen LogP contribution in [0.3, 0.4) is 0 Å². The summed E-state index contributed by atoms with van der Waals surface area (Å²) >= 11 is 18.8. The molecule has 0 bridgehead atoms. The summed E-state index contributed by atoms with van der Waals surface area (Å²) in [6, 6.07) is -1.14. The Morgan fingerprint density at radius 2 is 0.415 bits per heavy atom. The molecule has 6 saturated heterocycles. The topological polar surface area (TPSA) is 301 Å². The lowest BCUT2D eigenvalue weighted by atomic mass is 10.1. The van der Waals surface area contributed by atoms with Gasteiger partial charge in [-0.3, -0.25) is 28.8 Å². The predicted molar refractivity (Wildman–Crippen MR) is 429 cm³/mol. The van der Waals surface area contributed by atoms with E-state index < -0.39 is 0 Å². The van der Waals surface area contributed by atoms with Crippen molar-refractivity contribution >= 4 is 274 Å². The van der Waals surface area contributed by atoms with Gasteiger partial charge in [0.1, 0.15) is 0 Å². The van der Waals surface area contributed by atoms with E-state index in [9.17, 15) is 43.2 Å². The number of carbonyl (C=O) groups excluding carboxylic acids is 9. The third-order valence-electron chi connectivity index (χ3n) is 14.8. The Hall–Kier alpha value is -1.38. The maximum atomic E-state index is 13.5. The zero-order chi connectivity index (χ0) is 67.6. The van der Waals surface area contributed by atoms with Gasteiger partial charge < -0.3 is 89.7 Å². The largest absolute Gasteiger partial charge is 0.378 e. The lowest BCUT2D eigenvalue weighted by Crippen LogP contribution is -2.43. The van der Waals surface area contributed by atoms with Crippen molar-refractivity contribution in [1.29, 1.82) is 0 Å². The molecule has 518 valence electrons. The zero-order valence-corrected chi connectivity index (χ0v) is 70.2. The molecule has 6 heterocycles. The van der Waals surface area contributed by atoms with Gasteiger partial charge in [0.05, 0.1) is 151 Å². The van der Waals surface area contributed by atoms with E-state index in [1.54, 1.807) is 29.4 Å². The quantitative estimate of drug-likeness (QED) is 0.0928. The fourth-order valence-electron chi connectivity index (χ4n) is 9.95. The summed E-state index contributed by atoms with van der Waals surface area (Å²) in [6.07, 6.45) is 0. The minimum absolute atomic E-state index is 0. The van der Waals surface area contributed by atoms with Crippen molar-refractivity contribution in [1.82, 2.24) is 45.3 Å². The molecular formula is C58H73I9N12O15. The Labute approximate surface area is 668 Å². The molecule has 0 unspecified atom stereocenters. The summed E-state index contributed by atoms with van der Waals surface area (Å²) in [7, 11) is 0. The Morgan fingerprint density at radius 1 is 0.277 bits per heavy atom. The first kappa shape index (κ1) is 81.6. The highest BCUT2D eigenvalue weighted by Crippen LogP contribution is 2.41. The van der Waals surface area contributed by atoms with Crippen LogP contribution in [0.2, 0.25) is 0 Å². The standard InChI is InChI=1S/3C19H23I3N4O5.CH4/c3*1-2-23-19(29)24-16-14(21)11(17(27)25-3-7-30-8-4-25)13(20)12(15(16)22)18(28)26-5-9-31-10-6-26;/h3*2-10H2,1H3,(H2,23,24,29);1H4. The van der Waals surface area contributed by atoms with Gasteiger partial charge in [-0.1, -0.05) is 7.43 Å². The first-order chi connectivity index (χ1) is 44.6. The number of benzene rings is 3. The van der Waals surface area contributed by atoms with Crippen molar-refractivity contribution in [2.75, 3.05) is 193 Å². The molecule has 6 aliphatic heterocycles. The van der Waals surface area contributed by atoms with Crippen LogP contribution in [0.4, 0.5) is 31.4 Å². The smallest absolute Gasteiger partial charge is 0.319 e. The molecule has 0 saturated carbocycles. The van der Waals surface area contributed by atoms with Crippen LogP contribution in [-0.2, 0) is 28.4 Å². The molecule has 0 spiro atoms. The van der Waals surface area contributed by atoms with Crippen molar-refractivity contribution in [3.8, 4) is 0 Å². The number of hydrogen-bond acceptors (Lipinski definition) is 15. The van der Waals surface area contributed by atoms with E-state index in [-0.39, 0.29) is 61.0 Å². The van der Waals surface area contributed by atoms with Crippen molar-refractivity contribution in [3.05, 3.63) is 65.5 Å². The van der Waals surface area contributed by atoms with Gasteiger partial charge in [0.2, 0.25) is 0 Å². The summed E-state index contributed by atoms with van der Waals surface area (Å²) in [5.74, 6) is -0.981. The van der Waals surface area contributed by atoms with Crippen LogP contribution in [0.1, 0.15) is 90.3 Å². The van der Waals surface area contributed by atoms with Crippen LogP contribution >= 0.6 is 203 Å². The second-order valence-corrected chi connectivity index (χ2v) is 30.3. The number of nitrogens with zero attached hydrogens (tertiary/aromatic N) is 6. The van der Waals surface area contributed by atoms with E-state index >= 15 is 0 Å². The van der Waals surface area contributed by atoms with Gasteiger partial charge in [-0.25, -0.2) is 14.4 Å². The fourth-order valence-corrected chi connectivity index (χ4v) is 23.0. The van der Waals surface area contributed by atoms with E-state index in [4.69, 9.17) is 28.4 Å². The maximum Gasteiger partial charge on any atom is 0.319 e. The number of ether oxygens (including phenoxy) is 6. The normalized spacial score (nSPS) is 16.6. The molecule has 0 aromatic heterocycles. The second kappa shape index (κ2) is 40.3. The first-order valence-electron chi connectivity index (χ1n) is 29.6. The van der Waals surface area contributed by atoms with E-state index in [1.165, 1.54) is 0 Å². The molecule has 94 heavy (non-hydrogen) atoms. The van der Waals surface area contributed by atoms with Gasteiger partial charge in [-0.2, -0.15) is 0 Å². The molecule has 6 fully saturated rings. The average Bonchev–Trinajstić information content (AvgIpc) is 0.775. The van der Waals surface area contributed by atoms with Gasteiger partial charge in [0, 0.05) is 109 Å². The fraction of sp³-hybridized carbons (Fsp3) is 0.534. The number of amides is 12. The van der Waals surface area contributed by atoms with Gasteiger partial charge in [0.15, 0.2) is 0 Å². The molecule has 0 aliphatic carbocycles. The number of hydrogen-bond donors (Lipinski definition) is 6. The average molecular weight is 2320 g/mol. The number of anilines is 3. The number of urea groups is 3. The lowest BCUT2D eigenvalue weighted by molar-refractivity contribution is 0.0293. The number of rotatable bonds is 12. The molecular weight excluding hydrogens is 2250 g/mol. The third kappa shape index (κ3) is 20.7. The highest BCUT2D eigenvalue weighted by Gasteiger charge is 2.37. The van der Waals surface area contributed by atoms with Crippen molar-refractivity contribution in [2.45, 2.75) is 28.2 Å². The minimum Gasteiger partial charge on any atom is -0.378 e. The van der Waals surface area contributed by atoms with Crippen LogP contribution in [-0.4, -0.2) is 260 Å². The van der Waals surface area contributed by atoms with E-state index in [0.717, 1.165) is 0 Å². The van der Waals surface area contributed by atoms with Crippen LogP contribution in [0.25, 0.3) is 0 Å². The van der Waals surface area contributed by atoms with Gasteiger partial charge in [-0.15, -0.1) is 0 Å². The predicted octanol–water partition coefficient (Wildman–Crippen LogP) is 8.40. The monoisotopic (exact) mass is 2320 g/mol. The minimum atomic E-state index is -0.380. The van der Waals surface area contributed by atoms with Gasteiger partial charge >= 0.3 is 18.1 Å². The molecule has 6 aliphatic rings. The van der Waals surface area contributed by atoms with E-state index in [0.29, 0.717) is 260 Å². The second-order valence-electron chi connectivity index (χ2n) is 20.6. The number of carbonyl (C=O) groups is 9. The molecule has 0 radical (unpaired) electrons. The lowest BCUT2D eigenvalue weighted by Gasteiger charge is -2.30. The summed E-state index contributed by atoms with van der Waals surface area (Å²) in [6.45, 7) is 18.5.